The van der Waals surface area contributed by atoms with Crippen molar-refractivity contribution in [3.63, 3.8) is 0 Å². The quantitative estimate of drug-likeness (QED) is 0.255. The number of hydrogen-bond acceptors (Lipinski definition) is 12. The van der Waals surface area contributed by atoms with E-state index < -0.39 is 29.6 Å². The molecule has 6 aromatic rings. The highest BCUT2D eigenvalue weighted by atomic mass is 19.1. The van der Waals surface area contributed by atoms with E-state index in [9.17, 15) is 14.0 Å². The molecule has 2 amide bonds. The maximum atomic E-state index is 15.6. The van der Waals surface area contributed by atoms with Gasteiger partial charge in [-0.25, -0.2) is 27.8 Å². The molecular weight excluding hydrogens is 842 g/mol. The van der Waals surface area contributed by atoms with Crippen molar-refractivity contribution in [1.29, 1.82) is 0 Å². The summed E-state index contributed by atoms with van der Waals surface area (Å²) in [6.07, 6.45) is 4.03. The van der Waals surface area contributed by atoms with Gasteiger partial charge in [0, 0.05) is 75.4 Å². The largest absolute Gasteiger partial charge is 0.380 e. The molecule has 1 spiro atoms. The monoisotopic (exact) mass is 888 g/mol. The van der Waals surface area contributed by atoms with Gasteiger partial charge in [-0.05, 0) is 62.9 Å². The van der Waals surface area contributed by atoms with Crippen molar-refractivity contribution in [2.24, 2.45) is 11.3 Å². The lowest BCUT2D eigenvalue weighted by Crippen LogP contribution is -2.71. The molecule has 5 saturated heterocycles. The number of piperazine rings is 1. The molecule has 19 heteroatoms. The van der Waals surface area contributed by atoms with Crippen LogP contribution in [0.1, 0.15) is 31.5 Å². The lowest BCUT2D eigenvalue weighted by molar-refractivity contribution is -0.189. The number of benzene rings is 2. The SMILES string of the molecule is CO[C@H]1CN(C)C(=O)[C@@H]2C[C@@H](CN2c2nc(N3C4CC3CN(C(=O)C3CC5(COC5)C3)C4)nc3c2cnn3-c2ccc(F)cc2F)Nc2cccc(n2)-c2cc(F)cc3nc(C)n(c23)C1. The average molecular weight is 889 g/mol. The predicted molar refractivity (Wildman–Crippen MR) is 233 cm³/mol. The first-order chi connectivity index (χ1) is 31.4. The minimum atomic E-state index is -0.814. The minimum Gasteiger partial charge on any atom is -0.380 e. The fourth-order valence-corrected chi connectivity index (χ4v) is 11.3. The summed E-state index contributed by atoms with van der Waals surface area (Å²) in [6, 6.07) is 10.6. The number of ether oxygens (including phenoxy) is 2. The molecular formula is C46H47F3N12O4. The number of anilines is 3. The molecule has 336 valence electrons. The van der Waals surface area contributed by atoms with Crippen LogP contribution in [0.5, 0.6) is 0 Å². The van der Waals surface area contributed by atoms with Crippen molar-refractivity contribution in [2.75, 3.05) is 68.7 Å². The van der Waals surface area contributed by atoms with E-state index in [-0.39, 0.29) is 59.2 Å². The first-order valence-corrected chi connectivity index (χ1v) is 22.2. The van der Waals surface area contributed by atoms with Gasteiger partial charge in [0.1, 0.15) is 40.8 Å². The lowest BCUT2D eigenvalue weighted by Gasteiger charge is -2.58. The van der Waals surface area contributed by atoms with Crippen LogP contribution in [-0.2, 0) is 25.6 Å². The van der Waals surface area contributed by atoms with E-state index in [0.29, 0.717) is 78.2 Å². The number of carbonyl (C=O) groups excluding carboxylic acids is 2. The smallest absolute Gasteiger partial charge is 0.245 e. The third-order valence-corrected chi connectivity index (χ3v) is 14.6. The van der Waals surface area contributed by atoms with Crippen LogP contribution >= 0.6 is 0 Å². The zero-order valence-electron chi connectivity index (χ0n) is 36.1. The molecule has 4 aromatic heterocycles. The Hall–Kier alpha value is -6.34. The highest BCUT2D eigenvalue weighted by Crippen LogP contribution is 2.52. The second-order valence-electron chi connectivity index (χ2n) is 18.8. The number of methoxy groups -OCH3 is 1. The summed E-state index contributed by atoms with van der Waals surface area (Å²) >= 11 is 0. The van der Waals surface area contributed by atoms with Crippen LogP contribution in [0.4, 0.5) is 30.8 Å². The number of carbonyl (C=O) groups is 2. The Labute approximate surface area is 371 Å². The Morgan fingerprint density at radius 2 is 1.74 bits per heavy atom. The third kappa shape index (κ3) is 6.51. The Bertz CT molecular complexity index is 2920. The molecule has 2 unspecified atom stereocenters. The van der Waals surface area contributed by atoms with Gasteiger partial charge in [-0.1, -0.05) is 6.07 Å². The summed E-state index contributed by atoms with van der Waals surface area (Å²) in [6.45, 7) is 5.24. The number of aryl methyl sites for hydroxylation is 1. The summed E-state index contributed by atoms with van der Waals surface area (Å²) < 4.78 is 59.8. The number of halogens is 3. The van der Waals surface area contributed by atoms with Crippen LogP contribution < -0.4 is 15.1 Å². The van der Waals surface area contributed by atoms with Crippen molar-refractivity contribution >= 4 is 51.5 Å². The number of pyridine rings is 1. The van der Waals surface area contributed by atoms with Crippen molar-refractivity contribution in [3.05, 3.63) is 78.0 Å². The number of nitrogens with one attached hydrogen (secondary N) is 1. The van der Waals surface area contributed by atoms with Gasteiger partial charge in [0.2, 0.25) is 17.8 Å². The molecule has 2 aromatic carbocycles. The van der Waals surface area contributed by atoms with Crippen molar-refractivity contribution in [3.8, 4) is 16.9 Å². The number of piperidine rings is 1. The molecule has 10 heterocycles. The van der Waals surface area contributed by atoms with Crippen LogP contribution in [0.3, 0.4) is 0 Å². The number of imidazole rings is 1. The van der Waals surface area contributed by atoms with E-state index in [2.05, 4.69) is 15.3 Å². The van der Waals surface area contributed by atoms with E-state index in [0.717, 1.165) is 44.1 Å². The van der Waals surface area contributed by atoms with Gasteiger partial charge in [-0.2, -0.15) is 15.1 Å². The van der Waals surface area contributed by atoms with Crippen LogP contribution in [0.25, 0.3) is 39.0 Å². The van der Waals surface area contributed by atoms with E-state index in [1.54, 1.807) is 25.3 Å². The molecule has 6 bridgehead atoms. The van der Waals surface area contributed by atoms with Crippen molar-refractivity contribution in [2.45, 2.75) is 69.4 Å². The Kier molecular flexibility index (Phi) is 9.18. The number of fused-ring (bicyclic) bond motifs is 8. The van der Waals surface area contributed by atoms with Crippen molar-refractivity contribution < 1.29 is 32.2 Å². The number of hydrogen-bond donors (Lipinski definition) is 1. The minimum absolute atomic E-state index is 0.00546. The molecule has 1 saturated carbocycles. The molecule has 7 aliphatic rings. The van der Waals surface area contributed by atoms with Gasteiger partial charge in [-0.15, -0.1) is 0 Å². The van der Waals surface area contributed by atoms with Crippen LogP contribution in [0.15, 0.2) is 54.7 Å². The zero-order chi connectivity index (χ0) is 44.5. The van der Waals surface area contributed by atoms with Gasteiger partial charge in [0.05, 0.1) is 66.3 Å². The highest BCUT2D eigenvalue weighted by Gasteiger charge is 2.55. The Balaban J connectivity index is 0.932. The van der Waals surface area contributed by atoms with Crippen molar-refractivity contribution in [1.82, 2.24) is 44.1 Å². The zero-order valence-corrected chi connectivity index (χ0v) is 36.1. The number of nitrogens with zero attached hydrogens (tertiary/aromatic N) is 11. The average Bonchev–Trinajstić information content (AvgIpc) is 3.96. The molecule has 6 fully saturated rings. The molecule has 65 heavy (non-hydrogen) atoms. The van der Waals surface area contributed by atoms with Gasteiger partial charge >= 0.3 is 0 Å². The maximum absolute atomic E-state index is 15.6. The highest BCUT2D eigenvalue weighted by molar-refractivity contribution is 5.94. The molecule has 1 N–H and O–H groups in total. The van der Waals surface area contributed by atoms with Crippen LogP contribution in [0.2, 0.25) is 0 Å². The molecule has 1 aliphatic carbocycles. The van der Waals surface area contributed by atoms with Gasteiger partial charge in [0.25, 0.3) is 0 Å². The van der Waals surface area contributed by atoms with E-state index in [1.807, 2.05) is 39.5 Å². The Morgan fingerprint density at radius 3 is 2.49 bits per heavy atom. The number of aromatic nitrogens is 7. The molecule has 6 aliphatic heterocycles. The first-order valence-electron chi connectivity index (χ1n) is 22.2. The summed E-state index contributed by atoms with van der Waals surface area (Å²) in [5.74, 6) is 0.0656. The van der Waals surface area contributed by atoms with Gasteiger partial charge < -0.3 is 39.0 Å². The maximum Gasteiger partial charge on any atom is 0.245 e. The fourth-order valence-electron chi connectivity index (χ4n) is 11.3. The van der Waals surface area contributed by atoms with Gasteiger partial charge in [-0.3, -0.25) is 9.59 Å². The lowest BCUT2D eigenvalue weighted by atomic mass is 9.60. The van der Waals surface area contributed by atoms with E-state index >= 15 is 8.78 Å². The molecule has 16 nitrogen and oxygen atoms in total. The number of amides is 2. The molecule has 5 atom stereocenters. The normalized spacial score (nSPS) is 25.0. The third-order valence-electron chi connectivity index (χ3n) is 14.6. The standard InChI is InChI=1S/C46H47F3N12O4/c1-24-51-36-11-27(48)9-32-35-5-4-6-39(53-35)52-28-12-38(44(63)56(2)20-31(64-3)21-58(24)40(32)36)59(17-28)41-33-16-50-61(37-8-7-26(47)10-34(37)49)42(33)55-45(54-41)60-29-13-30(60)19-57(18-29)43(62)25-14-46(15-25)22-65-23-46/h4-11,16,25,28-31,38H,12-15,17-23H2,1-3H3,(H,52,53)/t28-,29?,30?,31-,38-/m0/s1. The second kappa shape index (κ2) is 14.8. The predicted octanol–water partition coefficient (Wildman–Crippen LogP) is 4.72. The van der Waals surface area contributed by atoms with E-state index in [1.165, 1.54) is 28.9 Å². The van der Waals surface area contributed by atoms with Gasteiger partial charge in [0.15, 0.2) is 11.5 Å². The summed E-state index contributed by atoms with van der Waals surface area (Å²) in [4.78, 5) is 56.4. The topological polar surface area (TPSA) is 152 Å². The molecule has 0 radical (unpaired) electrons. The van der Waals surface area contributed by atoms with E-state index in [4.69, 9.17) is 29.4 Å². The first kappa shape index (κ1) is 40.2. The molecule has 13 rings (SSSR count). The van der Waals surface area contributed by atoms with Crippen LogP contribution in [-0.4, -0.2) is 140 Å². The number of rotatable bonds is 5. The fraction of sp³-hybridized carbons (Fsp3) is 0.457. The second-order valence-corrected chi connectivity index (χ2v) is 18.8. The summed E-state index contributed by atoms with van der Waals surface area (Å²) in [5.41, 5.74) is 2.82. The Morgan fingerprint density at radius 1 is 0.923 bits per heavy atom. The number of likely N-dealkylation sites (N-methyl/N-ethyl adjacent to an activating group) is 1. The summed E-state index contributed by atoms with van der Waals surface area (Å²) in [7, 11) is 3.36. The van der Waals surface area contributed by atoms with Crippen LogP contribution in [0, 0.1) is 35.7 Å². The summed E-state index contributed by atoms with van der Waals surface area (Å²) in [5, 5.41) is 8.64.